The van der Waals surface area contributed by atoms with Crippen molar-refractivity contribution >= 4 is 28.5 Å². The molecule has 2 aromatic carbocycles. The molecule has 0 radical (unpaired) electrons. The lowest BCUT2D eigenvalue weighted by atomic mass is 10.1. The van der Waals surface area contributed by atoms with Crippen molar-refractivity contribution in [2.75, 3.05) is 14.2 Å². The van der Waals surface area contributed by atoms with E-state index in [1.54, 1.807) is 19.2 Å². The van der Waals surface area contributed by atoms with Crippen molar-refractivity contribution in [3.05, 3.63) is 59.2 Å². The summed E-state index contributed by atoms with van der Waals surface area (Å²) in [5.41, 5.74) is 2.19. The fourth-order valence-corrected chi connectivity index (χ4v) is 2.80. The number of halogens is 1. The van der Waals surface area contributed by atoms with Crippen molar-refractivity contribution in [2.45, 2.75) is 0 Å². The number of carbonyl (C=O) groups is 1. The van der Waals surface area contributed by atoms with Crippen LogP contribution < -0.4 is 4.74 Å². The number of methoxy groups -OCH3 is 2. The highest BCUT2D eigenvalue weighted by molar-refractivity contribution is 6.34. The summed E-state index contributed by atoms with van der Waals surface area (Å²) < 4.78 is 12.0. The van der Waals surface area contributed by atoms with Gasteiger partial charge in [-0.05, 0) is 30.3 Å². The topological polar surface area (TPSA) is 40.5 Å². The van der Waals surface area contributed by atoms with Gasteiger partial charge in [-0.1, -0.05) is 23.7 Å². The third-order valence-corrected chi connectivity index (χ3v) is 3.94. The molecule has 0 saturated heterocycles. The molecular weight excluding hydrogens is 302 g/mol. The second-order valence-electron chi connectivity index (χ2n) is 4.71. The normalized spacial score (nSPS) is 10.7. The number of ether oxygens (including phenoxy) is 2. The Kier molecular flexibility index (Phi) is 3.77. The van der Waals surface area contributed by atoms with Gasteiger partial charge in [0.2, 0.25) is 0 Å². The van der Waals surface area contributed by atoms with Gasteiger partial charge in [0, 0.05) is 11.6 Å². The van der Waals surface area contributed by atoms with Crippen LogP contribution in [0, 0.1) is 0 Å². The average molecular weight is 316 g/mol. The van der Waals surface area contributed by atoms with Crippen LogP contribution in [0.2, 0.25) is 5.02 Å². The smallest absolute Gasteiger partial charge is 0.338 e. The monoisotopic (exact) mass is 315 g/mol. The van der Waals surface area contributed by atoms with Crippen LogP contribution in [0.15, 0.2) is 48.7 Å². The minimum Gasteiger partial charge on any atom is -0.495 e. The molecule has 0 N–H and O–H groups in total. The van der Waals surface area contributed by atoms with Crippen molar-refractivity contribution in [2.24, 2.45) is 0 Å². The Bertz CT molecular complexity index is 854. The summed E-state index contributed by atoms with van der Waals surface area (Å²) in [4.78, 5) is 11.9. The minimum atomic E-state index is -0.361. The van der Waals surface area contributed by atoms with Gasteiger partial charge in [0.05, 0.1) is 31.0 Å². The predicted molar refractivity (Wildman–Crippen MR) is 86.2 cm³/mol. The van der Waals surface area contributed by atoms with Crippen molar-refractivity contribution in [1.29, 1.82) is 0 Å². The fraction of sp³-hybridized carbons (Fsp3) is 0.118. The van der Waals surface area contributed by atoms with E-state index in [2.05, 4.69) is 0 Å². The van der Waals surface area contributed by atoms with E-state index in [1.807, 2.05) is 41.1 Å². The molecule has 0 saturated carbocycles. The summed E-state index contributed by atoms with van der Waals surface area (Å²) >= 11 is 6.39. The van der Waals surface area contributed by atoms with E-state index >= 15 is 0 Å². The molecule has 112 valence electrons. The maximum absolute atomic E-state index is 11.9. The van der Waals surface area contributed by atoms with E-state index in [9.17, 15) is 4.79 Å². The Morgan fingerprint density at radius 2 is 1.86 bits per heavy atom. The van der Waals surface area contributed by atoms with Crippen LogP contribution in [0.25, 0.3) is 16.6 Å². The molecule has 0 fully saturated rings. The van der Waals surface area contributed by atoms with E-state index in [0.29, 0.717) is 16.3 Å². The van der Waals surface area contributed by atoms with Gasteiger partial charge in [0.1, 0.15) is 10.8 Å². The zero-order chi connectivity index (χ0) is 15.7. The van der Waals surface area contributed by atoms with Crippen molar-refractivity contribution in [3.63, 3.8) is 0 Å². The Morgan fingerprint density at radius 1 is 1.09 bits per heavy atom. The van der Waals surface area contributed by atoms with Crippen LogP contribution in [0.5, 0.6) is 5.75 Å². The van der Waals surface area contributed by atoms with Crippen LogP contribution in [-0.4, -0.2) is 24.8 Å². The molecule has 3 rings (SSSR count). The van der Waals surface area contributed by atoms with Crippen LogP contribution >= 0.6 is 11.6 Å². The summed E-state index contributed by atoms with van der Waals surface area (Å²) in [7, 11) is 2.95. The van der Waals surface area contributed by atoms with Gasteiger partial charge in [-0.3, -0.25) is 0 Å². The SMILES string of the molecule is COC(=O)c1cccc2c1ccn2-c1cccc(OC)c1Cl. The van der Waals surface area contributed by atoms with Crippen molar-refractivity contribution in [3.8, 4) is 11.4 Å². The quantitative estimate of drug-likeness (QED) is 0.684. The lowest BCUT2D eigenvalue weighted by molar-refractivity contribution is 0.0603. The van der Waals surface area contributed by atoms with E-state index < -0.39 is 0 Å². The molecule has 0 unspecified atom stereocenters. The van der Waals surface area contributed by atoms with Gasteiger partial charge >= 0.3 is 5.97 Å². The molecule has 0 amide bonds. The van der Waals surface area contributed by atoms with E-state index in [0.717, 1.165) is 16.6 Å². The molecule has 4 nitrogen and oxygen atoms in total. The Hall–Kier alpha value is -2.46. The van der Waals surface area contributed by atoms with Gasteiger partial charge in [0.25, 0.3) is 0 Å². The minimum absolute atomic E-state index is 0.361. The number of hydrogen-bond donors (Lipinski definition) is 0. The molecule has 0 atom stereocenters. The fourth-order valence-electron chi connectivity index (χ4n) is 2.51. The third kappa shape index (κ3) is 2.22. The first kappa shape index (κ1) is 14.5. The average Bonchev–Trinajstić information content (AvgIpc) is 2.98. The van der Waals surface area contributed by atoms with Gasteiger partial charge in [0.15, 0.2) is 0 Å². The van der Waals surface area contributed by atoms with Gasteiger partial charge in [-0.15, -0.1) is 0 Å². The van der Waals surface area contributed by atoms with Crippen LogP contribution in [-0.2, 0) is 4.74 Å². The molecular formula is C17H14ClNO3. The predicted octanol–water partition coefficient (Wildman–Crippen LogP) is 4.08. The highest BCUT2D eigenvalue weighted by Gasteiger charge is 2.15. The Labute approximate surface area is 132 Å². The molecule has 0 spiro atoms. The highest BCUT2D eigenvalue weighted by atomic mass is 35.5. The summed E-state index contributed by atoms with van der Waals surface area (Å²) in [6, 6.07) is 12.9. The second kappa shape index (κ2) is 5.73. The molecule has 0 bridgehead atoms. The van der Waals surface area contributed by atoms with Crippen LogP contribution in [0.1, 0.15) is 10.4 Å². The van der Waals surface area contributed by atoms with Crippen molar-refractivity contribution < 1.29 is 14.3 Å². The lowest BCUT2D eigenvalue weighted by Crippen LogP contribution is -2.02. The first-order valence-electron chi connectivity index (χ1n) is 6.68. The molecule has 1 aromatic heterocycles. The number of nitrogens with zero attached hydrogens (tertiary/aromatic N) is 1. The number of esters is 1. The number of fused-ring (bicyclic) bond motifs is 1. The Balaban J connectivity index is 2.24. The van der Waals surface area contributed by atoms with E-state index in [1.165, 1.54) is 7.11 Å². The van der Waals surface area contributed by atoms with Gasteiger partial charge in [-0.2, -0.15) is 0 Å². The van der Waals surface area contributed by atoms with E-state index in [-0.39, 0.29) is 5.97 Å². The van der Waals surface area contributed by atoms with Gasteiger partial charge < -0.3 is 14.0 Å². The molecule has 0 aliphatic heterocycles. The standard InChI is InChI=1S/C17H14ClNO3/c1-21-15-8-4-7-14(16(15)18)19-10-9-11-12(17(20)22-2)5-3-6-13(11)19/h3-10H,1-2H3. The first-order chi connectivity index (χ1) is 10.7. The molecule has 0 aliphatic rings. The zero-order valence-corrected chi connectivity index (χ0v) is 12.9. The highest BCUT2D eigenvalue weighted by Crippen LogP contribution is 2.33. The van der Waals surface area contributed by atoms with Crippen LogP contribution in [0.3, 0.4) is 0 Å². The number of aromatic nitrogens is 1. The molecule has 3 aromatic rings. The summed E-state index contributed by atoms with van der Waals surface area (Å²) in [5, 5.41) is 1.33. The zero-order valence-electron chi connectivity index (χ0n) is 12.2. The molecule has 1 heterocycles. The van der Waals surface area contributed by atoms with Gasteiger partial charge in [-0.25, -0.2) is 4.79 Å². The number of hydrogen-bond acceptors (Lipinski definition) is 3. The molecule has 0 aliphatic carbocycles. The lowest BCUT2D eigenvalue weighted by Gasteiger charge is -2.11. The number of carbonyl (C=O) groups excluding carboxylic acids is 1. The number of rotatable bonds is 3. The third-order valence-electron chi connectivity index (χ3n) is 3.56. The largest absolute Gasteiger partial charge is 0.495 e. The maximum Gasteiger partial charge on any atom is 0.338 e. The Morgan fingerprint density at radius 3 is 2.59 bits per heavy atom. The maximum atomic E-state index is 11.9. The van der Waals surface area contributed by atoms with Crippen molar-refractivity contribution in [1.82, 2.24) is 4.57 Å². The molecule has 22 heavy (non-hydrogen) atoms. The van der Waals surface area contributed by atoms with E-state index in [4.69, 9.17) is 21.1 Å². The summed E-state index contributed by atoms with van der Waals surface area (Å²) in [6.45, 7) is 0. The summed E-state index contributed by atoms with van der Waals surface area (Å²) in [6.07, 6.45) is 1.87. The number of benzene rings is 2. The second-order valence-corrected chi connectivity index (χ2v) is 5.09. The first-order valence-corrected chi connectivity index (χ1v) is 7.06. The summed E-state index contributed by atoms with van der Waals surface area (Å²) in [5.74, 6) is 0.241. The van der Waals surface area contributed by atoms with Crippen LogP contribution in [0.4, 0.5) is 0 Å². The molecule has 5 heteroatoms.